The summed E-state index contributed by atoms with van der Waals surface area (Å²) in [7, 11) is 0. The fraction of sp³-hybridized carbons (Fsp3) is 0. The molecule has 0 amide bonds. The summed E-state index contributed by atoms with van der Waals surface area (Å²) < 4.78 is 5.31. The summed E-state index contributed by atoms with van der Waals surface area (Å²) in [6.45, 7) is 0. The number of esters is 1. The predicted molar refractivity (Wildman–Crippen MR) is 103 cm³/mol. The average Bonchev–Trinajstić information content (AvgIpc) is 2.73. The first kappa shape index (κ1) is 18.0. The molecule has 0 aromatic heterocycles. The minimum absolute atomic E-state index is 0.0788. The van der Waals surface area contributed by atoms with Crippen LogP contribution in [0.5, 0.6) is 5.75 Å². The lowest BCUT2D eigenvalue weighted by Crippen LogP contribution is -2.08. The zero-order chi connectivity index (χ0) is 19.1. The first-order valence-electron chi connectivity index (χ1n) is 8.30. The Balaban J connectivity index is 1.62. The number of aldehydes is 1. The molecule has 0 atom stereocenters. The third kappa shape index (κ3) is 4.86. The number of carbonyl (C=O) groups is 3. The van der Waals surface area contributed by atoms with Crippen LogP contribution >= 0.6 is 0 Å². The lowest BCUT2D eigenvalue weighted by Gasteiger charge is -2.05. The van der Waals surface area contributed by atoms with Crippen molar-refractivity contribution in [3.8, 4) is 5.75 Å². The highest BCUT2D eigenvalue weighted by molar-refractivity contribution is 6.06. The van der Waals surface area contributed by atoms with Gasteiger partial charge in [0.25, 0.3) is 0 Å². The molecule has 3 aromatic carbocycles. The van der Waals surface area contributed by atoms with E-state index in [0.29, 0.717) is 28.7 Å². The van der Waals surface area contributed by atoms with Crippen LogP contribution in [0.25, 0.3) is 6.08 Å². The van der Waals surface area contributed by atoms with Crippen molar-refractivity contribution in [2.24, 2.45) is 0 Å². The largest absolute Gasteiger partial charge is 0.423 e. The van der Waals surface area contributed by atoms with Crippen LogP contribution in [0.3, 0.4) is 0 Å². The van der Waals surface area contributed by atoms with Gasteiger partial charge in [-0.15, -0.1) is 0 Å². The summed E-state index contributed by atoms with van der Waals surface area (Å²) in [5.41, 5.74) is 2.29. The van der Waals surface area contributed by atoms with Gasteiger partial charge in [0.15, 0.2) is 5.78 Å². The molecule has 0 fully saturated rings. The molecule has 0 radical (unpaired) electrons. The number of hydrogen-bond acceptors (Lipinski definition) is 4. The Morgan fingerprint density at radius 1 is 0.704 bits per heavy atom. The number of carbonyl (C=O) groups excluding carboxylic acids is 3. The second-order valence-corrected chi connectivity index (χ2v) is 5.76. The molecule has 0 bridgehead atoms. The van der Waals surface area contributed by atoms with E-state index in [1.807, 2.05) is 18.2 Å². The van der Waals surface area contributed by atoms with E-state index in [0.717, 1.165) is 5.56 Å². The van der Waals surface area contributed by atoms with Gasteiger partial charge >= 0.3 is 5.97 Å². The standard InChI is InChI=1S/C23H16O4/c24-16-18-6-11-20(12-7-18)23(26)27-21-13-8-17(9-14-21)10-15-22(25)19-4-2-1-3-5-19/h1-16H/b15-10+. The normalized spacial score (nSPS) is 10.5. The smallest absolute Gasteiger partial charge is 0.343 e. The number of ether oxygens (including phenoxy) is 1. The molecule has 0 aliphatic heterocycles. The van der Waals surface area contributed by atoms with Crippen molar-refractivity contribution in [3.63, 3.8) is 0 Å². The van der Waals surface area contributed by atoms with Crippen molar-refractivity contribution >= 4 is 24.1 Å². The number of allylic oxidation sites excluding steroid dienone is 1. The van der Waals surface area contributed by atoms with Crippen LogP contribution in [0.2, 0.25) is 0 Å². The summed E-state index contributed by atoms with van der Waals surface area (Å²) in [5.74, 6) is -0.189. The maximum atomic E-state index is 12.1. The second kappa shape index (κ2) is 8.54. The monoisotopic (exact) mass is 356 g/mol. The van der Waals surface area contributed by atoms with Crippen molar-refractivity contribution in [1.29, 1.82) is 0 Å². The number of rotatable bonds is 6. The highest BCUT2D eigenvalue weighted by Gasteiger charge is 2.08. The molecule has 27 heavy (non-hydrogen) atoms. The molecule has 0 unspecified atom stereocenters. The predicted octanol–water partition coefficient (Wildman–Crippen LogP) is 4.61. The SMILES string of the molecule is O=Cc1ccc(C(=O)Oc2ccc(/C=C/C(=O)c3ccccc3)cc2)cc1. The Hall–Kier alpha value is -3.79. The first-order chi connectivity index (χ1) is 13.2. The topological polar surface area (TPSA) is 60.4 Å². The van der Waals surface area contributed by atoms with Gasteiger partial charge < -0.3 is 4.74 Å². The van der Waals surface area contributed by atoms with Crippen molar-refractivity contribution in [2.45, 2.75) is 0 Å². The molecule has 0 heterocycles. The maximum Gasteiger partial charge on any atom is 0.343 e. The van der Waals surface area contributed by atoms with Gasteiger partial charge in [0.2, 0.25) is 0 Å². The molecule has 0 aliphatic rings. The quantitative estimate of drug-likeness (QED) is 0.213. The highest BCUT2D eigenvalue weighted by Crippen LogP contribution is 2.16. The van der Waals surface area contributed by atoms with Crippen LogP contribution in [0, 0.1) is 0 Å². The Kier molecular flexibility index (Phi) is 5.70. The van der Waals surface area contributed by atoms with Crippen LogP contribution in [0.15, 0.2) is 84.9 Å². The summed E-state index contributed by atoms with van der Waals surface area (Å²) >= 11 is 0. The fourth-order valence-electron chi connectivity index (χ4n) is 2.38. The zero-order valence-electron chi connectivity index (χ0n) is 14.4. The van der Waals surface area contributed by atoms with Gasteiger partial charge in [-0.3, -0.25) is 9.59 Å². The van der Waals surface area contributed by atoms with Crippen molar-refractivity contribution < 1.29 is 19.1 Å². The minimum atomic E-state index is -0.505. The molecular weight excluding hydrogens is 340 g/mol. The summed E-state index contributed by atoms with van der Waals surface area (Å²) in [6, 6.07) is 22.0. The third-order valence-electron chi connectivity index (χ3n) is 3.86. The summed E-state index contributed by atoms with van der Waals surface area (Å²) in [4.78, 5) is 34.8. The number of benzene rings is 3. The Bertz CT molecular complexity index is 969. The van der Waals surface area contributed by atoms with Crippen LogP contribution in [0.4, 0.5) is 0 Å². The van der Waals surface area contributed by atoms with Gasteiger partial charge in [0.05, 0.1) is 5.56 Å². The zero-order valence-corrected chi connectivity index (χ0v) is 14.4. The molecule has 3 aromatic rings. The summed E-state index contributed by atoms with van der Waals surface area (Å²) in [6.07, 6.45) is 3.92. The lowest BCUT2D eigenvalue weighted by atomic mass is 10.1. The molecule has 4 nitrogen and oxygen atoms in total. The first-order valence-corrected chi connectivity index (χ1v) is 8.30. The minimum Gasteiger partial charge on any atom is -0.423 e. The fourth-order valence-corrected chi connectivity index (χ4v) is 2.38. The van der Waals surface area contributed by atoms with E-state index in [1.165, 1.54) is 6.08 Å². The number of ketones is 1. The van der Waals surface area contributed by atoms with E-state index < -0.39 is 5.97 Å². The average molecular weight is 356 g/mol. The molecule has 3 rings (SSSR count). The van der Waals surface area contributed by atoms with E-state index in [9.17, 15) is 14.4 Å². The Morgan fingerprint density at radius 3 is 1.96 bits per heavy atom. The van der Waals surface area contributed by atoms with Crippen molar-refractivity contribution in [1.82, 2.24) is 0 Å². The lowest BCUT2D eigenvalue weighted by molar-refractivity contribution is 0.0734. The van der Waals surface area contributed by atoms with E-state index in [-0.39, 0.29) is 5.78 Å². The van der Waals surface area contributed by atoms with Gasteiger partial charge in [-0.1, -0.05) is 60.7 Å². The maximum absolute atomic E-state index is 12.1. The molecular formula is C23H16O4. The Morgan fingerprint density at radius 2 is 1.33 bits per heavy atom. The van der Waals surface area contributed by atoms with E-state index >= 15 is 0 Å². The van der Waals surface area contributed by atoms with E-state index in [4.69, 9.17) is 4.74 Å². The highest BCUT2D eigenvalue weighted by atomic mass is 16.5. The van der Waals surface area contributed by atoms with Crippen LogP contribution in [0.1, 0.15) is 36.6 Å². The van der Waals surface area contributed by atoms with Crippen molar-refractivity contribution in [3.05, 3.63) is 107 Å². The molecule has 0 saturated heterocycles. The van der Waals surface area contributed by atoms with Gasteiger partial charge in [0.1, 0.15) is 12.0 Å². The van der Waals surface area contributed by atoms with Crippen LogP contribution in [-0.4, -0.2) is 18.0 Å². The second-order valence-electron chi connectivity index (χ2n) is 5.76. The molecule has 4 heteroatoms. The van der Waals surface area contributed by atoms with Crippen molar-refractivity contribution in [2.75, 3.05) is 0 Å². The summed E-state index contributed by atoms with van der Waals surface area (Å²) in [5, 5.41) is 0. The van der Waals surface area contributed by atoms with E-state index in [1.54, 1.807) is 66.7 Å². The Labute approximate surface area is 156 Å². The van der Waals surface area contributed by atoms with Gasteiger partial charge in [-0.25, -0.2) is 4.79 Å². The van der Waals surface area contributed by atoms with E-state index in [2.05, 4.69) is 0 Å². The van der Waals surface area contributed by atoms with Gasteiger partial charge in [-0.2, -0.15) is 0 Å². The van der Waals surface area contributed by atoms with Gasteiger partial charge in [0, 0.05) is 11.1 Å². The van der Waals surface area contributed by atoms with Crippen LogP contribution < -0.4 is 4.74 Å². The molecule has 0 aliphatic carbocycles. The molecule has 0 spiro atoms. The van der Waals surface area contributed by atoms with Crippen LogP contribution in [-0.2, 0) is 0 Å². The molecule has 0 saturated carbocycles. The molecule has 0 N–H and O–H groups in total. The number of hydrogen-bond donors (Lipinski definition) is 0. The third-order valence-corrected chi connectivity index (χ3v) is 3.86. The molecule has 132 valence electrons. The van der Waals surface area contributed by atoms with Gasteiger partial charge in [-0.05, 0) is 35.9 Å².